The van der Waals surface area contributed by atoms with E-state index in [1.54, 1.807) is 6.92 Å². The van der Waals surface area contributed by atoms with Crippen LogP contribution in [0.1, 0.15) is 19.7 Å². The lowest BCUT2D eigenvalue weighted by Gasteiger charge is -2.12. The zero-order valence-corrected chi connectivity index (χ0v) is 9.88. The summed E-state index contributed by atoms with van der Waals surface area (Å²) >= 11 is 0. The number of halogens is 3. The molecule has 0 aliphatic rings. The highest BCUT2D eigenvalue weighted by molar-refractivity contribution is 5.38. The Labute approximate surface area is 103 Å². The van der Waals surface area contributed by atoms with Gasteiger partial charge in [0.1, 0.15) is 5.82 Å². The number of terminal acetylenes is 1. The van der Waals surface area contributed by atoms with Gasteiger partial charge in [-0.3, -0.25) is 0 Å². The standard InChI is InChI=1S/C11H12F3N3O/c1-4-7(3)18-9-6-8(15-5-2)16-10(17-9)11(12,13)14/h1,6-7H,5H2,2-3H3,(H,15,16,17). The molecule has 0 aliphatic heterocycles. The van der Waals surface area contributed by atoms with Gasteiger partial charge in [-0.15, -0.1) is 6.42 Å². The lowest BCUT2D eigenvalue weighted by Crippen LogP contribution is -2.16. The van der Waals surface area contributed by atoms with Crippen molar-refractivity contribution in [3.8, 4) is 18.2 Å². The molecule has 1 atom stereocenters. The van der Waals surface area contributed by atoms with Crippen LogP contribution in [0.5, 0.6) is 5.88 Å². The predicted molar refractivity (Wildman–Crippen MR) is 60.1 cm³/mol. The van der Waals surface area contributed by atoms with Crippen molar-refractivity contribution in [3.05, 3.63) is 11.9 Å². The molecule has 1 rings (SSSR count). The topological polar surface area (TPSA) is 47.0 Å². The third-order valence-corrected chi connectivity index (χ3v) is 1.85. The number of alkyl halides is 3. The van der Waals surface area contributed by atoms with Crippen LogP contribution in [0.3, 0.4) is 0 Å². The van der Waals surface area contributed by atoms with E-state index in [0.717, 1.165) is 0 Å². The van der Waals surface area contributed by atoms with Crippen LogP contribution in [0, 0.1) is 12.3 Å². The second-order valence-electron chi connectivity index (χ2n) is 3.37. The number of ether oxygens (including phenoxy) is 1. The second-order valence-corrected chi connectivity index (χ2v) is 3.37. The van der Waals surface area contributed by atoms with Crippen molar-refractivity contribution < 1.29 is 17.9 Å². The van der Waals surface area contributed by atoms with Crippen molar-refractivity contribution in [2.24, 2.45) is 0 Å². The molecular formula is C11H12F3N3O. The van der Waals surface area contributed by atoms with E-state index in [9.17, 15) is 13.2 Å². The summed E-state index contributed by atoms with van der Waals surface area (Å²) in [5.74, 6) is 0.806. The minimum absolute atomic E-state index is 0.0408. The van der Waals surface area contributed by atoms with E-state index in [1.807, 2.05) is 0 Å². The fraction of sp³-hybridized carbons (Fsp3) is 0.455. The molecule has 0 aliphatic carbocycles. The van der Waals surface area contributed by atoms with Crippen LogP contribution in [0.15, 0.2) is 6.07 Å². The fourth-order valence-corrected chi connectivity index (χ4v) is 1.10. The van der Waals surface area contributed by atoms with Gasteiger partial charge in [0, 0.05) is 12.6 Å². The molecule has 1 aromatic heterocycles. The molecule has 1 heterocycles. The van der Waals surface area contributed by atoms with Crippen LogP contribution in [-0.2, 0) is 6.18 Å². The Balaban J connectivity index is 3.10. The number of hydrogen-bond donors (Lipinski definition) is 1. The van der Waals surface area contributed by atoms with E-state index >= 15 is 0 Å². The molecule has 0 radical (unpaired) electrons. The number of hydrogen-bond acceptors (Lipinski definition) is 4. The third-order valence-electron chi connectivity index (χ3n) is 1.85. The Kier molecular flexibility index (Phi) is 4.37. The summed E-state index contributed by atoms with van der Waals surface area (Å²) in [7, 11) is 0. The van der Waals surface area contributed by atoms with Crippen molar-refractivity contribution in [3.63, 3.8) is 0 Å². The first kappa shape index (κ1) is 14.1. The molecule has 0 fully saturated rings. The molecule has 0 bridgehead atoms. The van der Waals surface area contributed by atoms with Gasteiger partial charge in [0.15, 0.2) is 6.10 Å². The van der Waals surface area contributed by atoms with Crippen molar-refractivity contribution in [2.75, 3.05) is 11.9 Å². The molecule has 4 nitrogen and oxygen atoms in total. The normalized spacial score (nSPS) is 12.7. The molecule has 18 heavy (non-hydrogen) atoms. The summed E-state index contributed by atoms with van der Waals surface area (Å²) in [6.07, 6.45) is -0.223. The Morgan fingerprint density at radius 2 is 2.17 bits per heavy atom. The van der Waals surface area contributed by atoms with Crippen LogP contribution < -0.4 is 10.1 Å². The van der Waals surface area contributed by atoms with Gasteiger partial charge in [-0.1, -0.05) is 5.92 Å². The van der Waals surface area contributed by atoms with E-state index in [1.165, 1.54) is 13.0 Å². The highest BCUT2D eigenvalue weighted by atomic mass is 19.4. The van der Waals surface area contributed by atoms with Crippen LogP contribution >= 0.6 is 0 Å². The zero-order chi connectivity index (χ0) is 13.8. The zero-order valence-electron chi connectivity index (χ0n) is 9.88. The Hall–Kier alpha value is -1.97. The molecule has 0 saturated heterocycles. The van der Waals surface area contributed by atoms with E-state index in [-0.39, 0.29) is 11.7 Å². The third kappa shape index (κ3) is 3.80. The summed E-state index contributed by atoms with van der Waals surface area (Å²) in [6, 6.07) is 1.27. The lowest BCUT2D eigenvalue weighted by atomic mass is 10.4. The first-order chi connectivity index (χ1) is 8.36. The maximum atomic E-state index is 12.6. The van der Waals surface area contributed by atoms with Gasteiger partial charge in [0.25, 0.3) is 0 Å². The quantitative estimate of drug-likeness (QED) is 0.843. The highest BCUT2D eigenvalue weighted by Crippen LogP contribution is 2.29. The number of nitrogens with zero attached hydrogens (tertiary/aromatic N) is 2. The van der Waals surface area contributed by atoms with Crippen LogP contribution in [0.2, 0.25) is 0 Å². The molecule has 7 heteroatoms. The first-order valence-corrected chi connectivity index (χ1v) is 5.19. The van der Waals surface area contributed by atoms with Gasteiger partial charge in [0.2, 0.25) is 11.7 Å². The maximum Gasteiger partial charge on any atom is 0.451 e. The van der Waals surface area contributed by atoms with Gasteiger partial charge in [0.05, 0.1) is 0 Å². The van der Waals surface area contributed by atoms with Gasteiger partial charge in [-0.05, 0) is 13.8 Å². The van der Waals surface area contributed by atoms with Gasteiger partial charge >= 0.3 is 6.18 Å². The number of aromatic nitrogens is 2. The Morgan fingerprint density at radius 1 is 1.50 bits per heavy atom. The van der Waals surface area contributed by atoms with E-state index in [4.69, 9.17) is 11.2 Å². The smallest absolute Gasteiger partial charge is 0.451 e. The lowest BCUT2D eigenvalue weighted by molar-refractivity contribution is -0.145. The molecule has 1 aromatic rings. The summed E-state index contributed by atoms with van der Waals surface area (Å²) in [5.41, 5.74) is 0. The Bertz CT molecular complexity index is 454. The molecule has 1 unspecified atom stereocenters. The van der Waals surface area contributed by atoms with Gasteiger partial charge in [-0.2, -0.15) is 18.2 Å². The van der Waals surface area contributed by atoms with Gasteiger partial charge < -0.3 is 10.1 Å². The van der Waals surface area contributed by atoms with Crippen LogP contribution in [0.4, 0.5) is 19.0 Å². The average molecular weight is 259 g/mol. The SMILES string of the molecule is C#CC(C)Oc1cc(NCC)nc(C(F)(F)F)n1. The summed E-state index contributed by atoms with van der Waals surface area (Å²) < 4.78 is 42.7. The second kappa shape index (κ2) is 5.58. The summed E-state index contributed by atoms with van der Waals surface area (Å²) in [5, 5.41) is 2.67. The van der Waals surface area contributed by atoms with Crippen molar-refractivity contribution in [1.82, 2.24) is 9.97 Å². The molecular weight excluding hydrogens is 247 g/mol. The van der Waals surface area contributed by atoms with Crippen molar-refractivity contribution in [1.29, 1.82) is 0 Å². The molecule has 1 N–H and O–H groups in total. The molecule has 0 amide bonds. The van der Waals surface area contributed by atoms with E-state index in [0.29, 0.717) is 6.54 Å². The number of anilines is 1. The minimum atomic E-state index is -4.64. The van der Waals surface area contributed by atoms with Crippen molar-refractivity contribution >= 4 is 5.82 Å². The molecule has 0 spiro atoms. The van der Waals surface area contributed by atoms with E-state index in [2.05, 4.69) is 21.2 Å². The largest absolute Gasteiger partial charge is 0.461 e. The molecule has 98 valence electrons. The number of nitrogens with one attached hydrogen (secondary N) is 1. The first-order valence-electron chi connectivity index (χ1n) is 5.19. The Morgan fingerprint density at radius 3 is 2.67 bits per heavy atom. The van der Waals surface area contributed by atoms with Gasteiger partial charge in [-0.25, -0.2) is 4.98 Å². The minimum Gasteiger partial charge on any atom is -0.461 e. The summed E-state index contributed by atoms with van der Waals surface area (Å²) in [4.78, 5) is 6.63. The average Bonchev–Trinajstić information content (AvgIpc) is 2.27. The molecule has 0 saturated carbocycles. The van der Waals surface area contributed by atoms with E-state index < -0.39 is 18.1 Å². The molecule has 0 aromatic carbocycles. The fourth-order valence-electron chi connectivity index (χ4n) is 1.10. The summed E-state index contributed by atoms with van der Waals surface area (Å²) in [6.45, 7) is 3.70. The highest BCUT2D eigenvalue weighted by Gasteiger charge is 2.35. The predicted octanol–water partition coefficient (Wildman–Crippen LogP) is 2.33. The maximum absolute atomic E-state index is 12.6. The number of rotatable bonds is 4. The van der Waals surface area contributed by atoms with Crippen molar-refractivity contribution in [2.45, 2.75) is 26.1 Å². The monoisotopic (exact) mass is 259 g/mol. The van der Waals surface area contributed by atoms with Crippen LogP contribution in [-0.4, -0.2) is 22.6 Å². The van der Waals surface area contributed by atoms with Crippen LogP contribution in [0.25, 0.3) is 0 Å².